The van der Waals surface area contributed by atoms with E-state index in [0.717, 1.165) is 12.1 Å². The fourth-order valence-corrected chi connectivity index (χ4v) is 3.64. The minimum atomic E-state index is -4.49. The van der Waals surface area contributed by atoms with Gasteiger partial charge in [-0.25, -0.2) is 4.98 Å². The Labute approximate surface area is 193 Å². The smallest absolute Gasteiger partial charge is 0.416 e. The van der Waals surface area contributed by atoms with Crippen molar-refractivity contribution in [2.45, 2.75) is 13.1 Å². The van der Waals surface area contributed by atoms with E-state index in [2.05, 4.69) is 9.98 Å². The minimum Gasteiger partial charge on any atom is -0.478 e. The molecule has 6 nitrogen and oxygen atoms in total. The summed E-state index contributed by atoms with van der Waals surface area (Å²) in [6, 6.07) is 12.9. The second kappa shape index (κ2) is 9.01. The number of aromatic nitrogens is 2. The van der Waals surface area contributed by atoms with Crippen LogP contribution in [0.2, 0.25) is 0 Å². The van der Waals surface area contributed by atoms with Gasteiger partial charge >= 0.3 is 6.18 Å². The maximum Gasteiger partial charge on any atom is 0.416 e. The minimum absolute atomic E-state index is 0.162. The number of rotatable bonds is 5. The van der Waals surface area contributed by atoms with Crippen molar-refractivity contribution in [3.05, 3.63) is 82.3 Å². The fraction of sp³-hybridized carbons (Fsp3) is 0.160. The third-order valence-electron chi connectivity index (χ3n) is 5.25. The number of hydrogen-bond acceptors (Lipinski definition) is 5. The summed E-state index contributed by atoms with van der Waals surface area (Å²) in [5, 5.41) is 0.612. The van der Waals surface area contributed by atoms with Gasteiger partial charge in [0.2, 0.25) is 5.88 Å². The Bertz CT molecular complexity index is 1440. The Morgan fingerprint density at radius 1 is 1.12 bits per heavy atom. The molecule has 0 radical (unpaired) electrons. The number of aliphatic imine (C=N–C) groups is 1. The van der Waals surface area contributed by atoms with Gasteiger partial charge in [0.25, 0.3) is 5.56 Å². The van der Waals surface area contributed by atoms with E-state index >= 15 is 0 Å². The zero-order valence-corrected chi connectivity index (χ0v) is 18.4. The van der Waals surface area contributed by atoms with Crippen LogP contribution in [0.15, 0.2) is 70.6 Å². The highest BCUT2D eigenvalue weighted by Gasteiger charge is 2.30. The largest absolute Gasteiger partial charge is 0.478 e. The van der Waals surface area contributed by atoms with Gasteiger partial charge in [0.1, 0.15) is 0 Å². The molecule has 4 aromatic rings. The van der Waals surface area contributed by atoms with Gasteiger partial charge in [0, 0.05) is 47.8 Å². The molecule has 0 amide bonds. The Morgan fingerprint density at radius 2 is 1.85 bits per heavy atom. The maximum absolute atomic E-state index is 13.7. The van der Waals surface area contributed by atoms with Crippen LogP contribution in [0.3, 0.4) is 0 Å². The first-order valence-corrected chi connectivity index (χ1v) is 10.4. The lowest BCUT2D eigenvalue weighted by Crippen LogP contribution is -2.21. The molecule has 2 aromatic carbocycles. The highest BCUT2D eigenvalue weighted by atomic mass is 19.4. The molecular weight excluding hydrogens is 445 g/mol. The number of ether oxygens (including phenoxy) is 1. The highest BCUT2D eigenvalue weighted by Crippen LogP contribution is 2.32. The Hall–Kier alpha value is -4.14. The van der Waals surface area contributed by atoms with E-state index in [1.807, 2.05) is 0 Å². The number of pyridine rings is 2. The summed E-state index contributed by atoms with van der Waals surface area (Å²) in [5.74, 6) is 0.314. The maximum atomic E-state index is 13.7. The van der Waals surface area contributed by atoms with E-state index in [4.69, 9.17) is 10.5 Å². The van der Waals surface area contributed by atoms with Crippen LogP contribution in [-0.4, -0.2) is 29.4 Å². The monoisotopic (exact) mass is 466 g/mol. The van der Waals surface area contributed by atoms with Crippen molar-refractivity contribution in [3.8, 4) is 22.7 Å². The number of hydrogen-bond donors (Lipinski definition) is 1. The van der Waals surface area contributed by atoms with Crippen LogP contribution in [0, 0.1) is 0 Å². The first-order valence-electron chi connectivity index (χ1n) is 10.4. The average Bonchev–Trinajstić information content (AvgIpc) is 2.80. The number of alkyl halides is 3. The van der Waals surface area contributed by atoms with E-state index < -0.39 is 17.3 Å². The quantitative estimate of drug-likeness (QED) is 0.328. The van der Waals surface area contributed by atoms with E-state index in [1.54, 1.807) is 56.7 Å². The van der Waals surface area contributed by atoms with Gasteiger partial charge in [-0.2, -0.15) is 13.2 Å². The lowest BCUT2D eigenvalue weighted by atomic mass is 10.0. The van der Waals surface area contributed by atoms with Gasteiger partial charge in [0.15, 0.2) is 0 Å². The molecule has 4 rings (SSSR count). The Morgan fingerprint density at radius 3 is 2.50 bits per heavy atom. The van der Waals surface area contributed by atoms with E-state index in [1.165, 1.54) is 16.7 Å². The molecule has 0 aliphatic heterocycles. The lowest BCUT2D eigenvalue weighted by Gasteiger charge is -2.14. The number of benzene rings is 2. The van der Waals surface area contributed by atoms with Gasteiger partial charge in [-0.1, -0.05) is 12.1 Å². The number of anilines is 1. The molecule has 0 aliphatic carbocycles. The molecule has 0 bridgehead atoms. The van der Waals surface area contributed by atoms with Crippen LogP contribution in [0.1, 0.15) is 18.1 Å². The topological polar surface area (TPSA) is 82.5 Å². The molecular formula is C25H21F3N4O2. The molecule has 2 N–H and O–H groups in total. The van der Waals surface area contributed by atoms with Crippen molar-refractivity contribution in [1.82, 2.24) is 9.55 Å². The van der Waals surface area contributed by atoms with E-state index in [-0.39, 0.29) is 5.56 Å². The highest BCUT2D eigenvalue weighted by molar-refractivity contribution is 5.93. The number of nitrogen functional groups attached to an aromatic ring is 1. The van der Waals surface area contributed by atoms with Crippen molar-refractivity contribution in [2.24, 2.45) is 4.99 Å². The second-order valence-corrected chi connectivity index (χ2v) is 7.48. The molecule has 0 saturated carbocycles. The molecule has 174 valence electrons. The summed E-state index contributed by atoms with van der Waals surface area (Å²) in [6.07, 6.45) is -1.27. The molecule has 34 heavy (non-hydrogen) atoms. The van der Waals surface area contributed by atoms with Gasteiger partial charge in [-0.05, 0) is 48.9 Å². The number of nitrogens with two attached hydrogens (primary N) is 1. The predicted octanol–water partition coefficient (Wildman–Crippen LogP) is 5.10. The fourth-order valence-electron chi connectivity index (χ4n) is 3.64. The van der Waals surface area contributed by atoms with Crippen LogP contribution in [-0.2, 0) is 6.18 Å². The molecule has 9 heteroatoms. The summed E-state index contributed by atoms with van der Waals surface area (Å²) in [4.78, 5) is 22.1. The molecule has 0 saturated heterocycles. The number of halogens is 3. The van der Waals surface area contributed by atoms with Crippen LogP contribution in [0.5, 0.6) is 5.88 Å². The molecule has 2 aromatic heterocycles. The summed E-state index contributed by atoms with van der Waals surface area (Å²) in [5.41, 5.74) is 7.21. The van der Waals surface area contributed by atoms with Crippen LogP contribution < -0.4 is 16.0 Å². The number of fused-ring (bicyclic) bond motifs is 1. The summed E-state index contributed by atoms with van der Waals surface area (Å²) in [6.45, 7) is 2.18. The zero-order chi connectivity index (χ0) is 24.5. The molecule has 0 spiro atoms. The van der Waals surface area contributed by atoms with Crippen LogP contribution >= 0.6 is 0 Å². The summed E-state index contributed by atoms with van der Waals surface area (Å²) in [7, 11) is 1.61. The van der Waals surface area contributed by atoms with Crippen LogP contribution in [0.25, 0.3) is 27.7 Å². The second-order valence-electron chi connectivity index (χ2n) is 7.48. The van der Waals surface area contributed by atoms with Gasteiger partial charge in [0.05, 0.1) is 23.3 Å². The van der Waals surface area contributed by atoms with Crippen LogP contribution in [0.4, 0.5) is 18.9 Å². The van der Waals surface area contributed by atoms with Crippen molar-refractivity contribution in [2.75, 3.05) is 19.4 Å². The predicted molar refractivity (Wildman–Crippen MR) is 127 cm³/mol. The van der Waals surface area contributed by atoms with Gasteiger partial charge < -0.3 is 10.5 Å². The summed E-state index contributed by atoms with van der Waals surface area (Å²) >= 11 is 0. The first-order chi connectivity index (χ1) is 16.2. The van der Waals surface area contributed by atoms with Gasteiger partial charge in [-0.15, -0.1) is 0 Å². The molecule has 2 heterocycles. The molecule has 0 atom stereocenters. The van der Waals surface area contributed by atoms with Gasteiger partial charge in [-0.3, -0.25) is 14.4 Å². The Balaban J connectivity index is 2.00. The van der Waals surface area contributed by atoms with Crippen molar-refractivity contribution in [3.63, 3.8) is 0 Å². The van der Waals surface area contributed by atoms with Crippen molar-refractivity contribution >= 4 is 22.8 Å². The normalized spacial score (nSPS) is 11.9. The standard InChI is InChI=1S/C25H21F3N4O2/c1-3-34-21-11-6-16-14-32(19-9-10-20(29)17(12-19)13-30-2)24(33)22(23(16)31-21)15-4-7-18(8-5-15)25(26,27)28/h4-14H,3,29H2,1-2H3. The molecule has 0 fully saturated rings. The third kappa shape index (κ3) is 4.36. The van der Waals surface area contributed by atoms with Crippen molar-refractivity contribution in [1.29, 1.82) is 0 Å². The van der Waals surface area contributed by atoms with E-state index in [9.17, 15) is 18.0 Å². The average molecular weight is 466 g/mol. The number of nitrogens with zero attached hydrogens (tertiary/aromatic N) is 3. The lowest BCUT2D eigenvalue weighted by molar-refractivity contribution is -0.137. The van der Waals surface area contributed by atoms with E-state index in [0.29, 0.717) is 45.9 Å². The zero-order valence-electron chi connectivity index (χ0n) is 18.4. The summed E-state index contributed by atoms with van der Waals surface area (Å²) < 4.78 is 46.2. The molecule has 0 unspecified atom stereocenters. The molecule has 0 aliphatic rings. The third-order valence-corrected chi connectivity index (χ3v) is 5.25. The Kier molecular flexibility index (Phi) is 6.10. The van der Waals surface area contributed by atoms with Crippen molar-refractivity contribution < 1.29 is 17.9 Å². The SMILES string of the molecule is CCOc1ccc2cn(-c3ccc(N)c(C=NC)c3)c(=O)c(-c3ccc(C(F)(F)F)cc3)c2n1. The first kappa shape index (κ1) is 23.0.